The largest absolute Gasteiger partial charge is 0.381 e. The monoisotopic (exact) mass is 211 g/mol. The van der Waals surface area contributed by atoms with E-state index in [-0.39, 0.29) is 17.6 Å². The maximum atomic E-state index is 13.7. The Morgan fingerprint density at radius 1 is 1.33 bits per heavy atom. The molecule has 1 aromatic rings. The van der Waals surface area contributed by atoms with Crippen molar-refractivity contribution >= 4 is 5.82 Å². The molecule has 2 N–H and O–H groups in total. The maximum absolute atomic E-state index is 13.7. The number of halogens is 1. The Bertz CT molecular complexity index is 351. The molecule has 0 aromatic carbocycles. The van der Waals surface area contributed by atoms with Crippen molar-refractivity contribution in [2.75, 3.05) is 5.73 Å². The van der Waals surface area contributed by atoms with Crippen molar-refractivity contribution in [2.24, 2.45) is 13.0 Å². The van der Waals surface area contributed by atoms with Gasteiger partial charge < -0.3 is 5.73 Å². The fraction of sp³-hybridized carbons (Fsp3) is 0.727. The van der Waals surface area contributed by atoms with E-state index in [0.717, 1.165) is 18.8 Å². The molecule has 1 aliphatic carbocycles. The van der Waals surface area contributed by atoms with Gasteiger partial charge in [0.15, 0.2) is 11.6 Å². The van der Waals surface area contributed by atoms with Gasteiger partial charge in [-0.05, 0) is 18.8 Å². The summed E-state index contributed by atoms with van der Waals surface area (Å²) in [5.74, 6) is 0.885. The van der Waals surface area contributed by atoms with Gasteiger partial charge in [0, 0.05) is 13.0 Å². The molecular weight excluding hydrogens is 193 g/mol. The first-order chi connectivity index (χ1) is 7.09. The number of hydrogen-bond acceptors (Lipinski definition) is 2. The predicted octanol–water partition coefficient (Wildman–Crippen LogP) is 2.44. The number of aryl methyl sites for hydroxylation is 1. The minimum Gasteiger partial charge on any atom is -0.381 e. The molecule has 0 unspecified atom stereocenters. The Balaban J connectivity index is 2.19. The Morgan fingerprint density at radius 3 is 2.40 bits per heavy atom. The Kier molecular flexibility index (Phi) is 2.67. The molecule has 0 radical (unpaired) electrons. The lowest BCUT2D eigenvalue weighted by atomic mass is 9.81. The Labute approximate surface area is 89.5 Å². The van der Waals surface area contributed by atoms with Crippen LogP contribution in [0.1, 0.15) is 44.2 Å². The number of aromatic nitrogens is 2. The van der Waals surface area contributed by atoms with Crippen LogP contribution in [0.5, 0.6) is 0 Å². The minimum absolute atomic E-state index is 0.156. The third-order valence-corrected chi connectivity index (χ3v) is 3.46. The van der Waals surface area contributed by atoms with Gasteiger partial charge in [-0.1, -0.05) is 19.8 Å². The molecule has 1 aromatic heterocycles. The molecule has 1 fully saturated rings. The quantitative estimate of drug-likeness (QED) is 0.775. The lowest BCUT2D eigenvalue weighted by Gasteiger charge is -2.24. The van der Waals surface area contributed by atoms with Crippen LogP contribution in [0.25, 0.3) is 0 Å². The lowest BCUT2D eigenvalue weighted by molar-refractivity contribution is 0.337. The van der Waals surface area contributed by atoms with Gasteiger partial charge in [-0.25, -0.2) is 4.39 Å². The molecular formula is C11H18FN3. The maximum Gasteiger partial charge on any atom is 0.188 e. The second kappa shape index (κ2) is 3.83. The smallest absolute Gasteiger partial charge is 0.188 e. The zero-order valence-electron chi connectivity index (χ0n) is 9.33. The van der Waals surface area contributed by atoms with Gasteiger partial charge in [0.2, 0.25) is 0 Å². The van der Waals surface area contributed by atoms with Crippen LogP contribution in [0, 0.1) is 11.7 Å². The first kappa shape index (κ1) is 10.5. The van der Waals surface area contributed by atoms with E-state index in [1.165, 1.54) is 17.5 Å². The summed E-state index contributed by atoms with van der Waals surface area (Å²) in [4.78, 5) is 0. The molecule has 0 saturated heterocycles. The summed E-state index contributed by atoms with van der Waals surface area (Å²) in [6.07, 6.45) is 4.41. The van der Waals surface area contributed by atoms with Crippen LogP contribution in [0.4, 0.5) is 10.2 Å². The number of hydrogen-bond donors (Lipinski definition) is 1. The van der Waals surface area contributed by atoms with Crippen LogP contribution >= 0.6 is 0 Å². The molecule has 0 aliphatic heterocycles. The first-order valence-corrected chi connectivity index (χ1v) is 5.57. The predicted molar refractivity (Wildman–Crippen MR) is 58.0 cm³/mol. The average Bonchev–Trinajstić information content (AvgIpc) is 2.47. The van der Waals surface area contributed by atoms with Gasteiger partial charge in [0.25, 0.3) is 0 Å². The number of rotatable bonds is 1. The standard InChI is InChI=1S/C11H18FN3/c1-7-3-5-8(6-4-7)10-9(12)11(13)15(2)14-10/h7-8H,3-6,13H2,1-2H3. The highest BCUT2D eigenvalue weighted by Crippen LogP contribution is 2.36. The van der Waals surface area contributed by atoms with Gasteiger partial charge in [-0.2, -0.15) is 5.10 Å². The summed E-state index contributed by atoms with van der Waals surface area (Å²) in [5, 5.41) is 4.18. The normalized spacial score (nSPS) is 26.9. The number of nitrogen functional groups attached to an aromatic ring is 1. The molecule has 2 rings (SSSR count). The molecule has 84 valence electrons. The second-order valence-electron chi connectivity index (χ2n) is 4.66. The molecule has 1 saturated carbocycles. The average molecular weight is 211 g/mol. The second-order valence-corrected chi connectivity index (χ2v) is 4.66. The highest BCUT2D eigenvalue weighted by molar-refractivity contribution is 5.34. The summed E-state index contributed by atoms with van der Waals surface area (Å²) < 4.78 is 15.1. The molecule has 0 amide bonds. The summed E-state index contributed by atoms with van der Waals surface area (Å²) >= 11 is 0. The summed E-state index contributed by atoms with van der Waals surface area (Å²) in [6, 6.07) is 0. The van der Waals surface area contributed by atoms with Gasteiger partial charge in [0.1, 0.15) is 5.69 Å². The van der Waals surface area contributed by atoms with Gasteiger partial charge in [-0.3, -0.25) is 4.68 Å². The molecule has 4 heteroatoms. The third kappa shape index (κ3) is 1.85. The van der Waals surface area contributed by atoms with Crippen molar-refractivity contribution in [3.63, 3.8) is 0 Å². The van der Waals surface area contributed by atoms with E-state index in [4.69, 9.17) is 5.73 Å². The third-order valence-electron chi connectivity index (χ3n) is 3.46. The van der Waals surface area contributed by atoms with Crippen molar-refractivity contribution in [1.82, 2.24) is 9.78 Å². The summed E-state index contributed by atoms with van der Waals surface area (Å²) in [7, 11) is 1.69. The molecule has 0 spiro atoms. The van der Waals surface area contributed by atoms with E-state index in [0.29, 0.717) is 5.69 Å². The highest BCUT2D eigenvalue weighted by atomic mass is 19.1. The zero-order valence-corrected chi connectivity index (χ0v) is 9.33. The van der Waals surface area contributed by atoms with E-state index in [1.807, 2.05) is 0 Å². The van der Waals surface area contributed by atoms with Crippen molar-refractivity contribution < 1.29 is 4.39 Å². The highest BCUT2D eigenvalue weighted by Gasteiger charge is 2.26. The summed E-state index contributed by atoms with van der Waals surface area (Å²) in [6.45, 7) is 2.25. The number of nitrogens with two attached hydrogens (primary N) is 1. The Morgan fingerprint density at radius 2 is 1.93 bits per heavy atom. The number of anilines is 1. The van der Waals surface area contributed by atoms with E-state index in [9.17, 15) is 4.39 Å². The SMILES string of the molecule is CC1CCC(c2nn(C)c(N)c2F)CC1. The topological polar surface area (TPSA) is 43.8 Å². The van der Waals surface area contributed by atoms with E-state index in [2.05, 4.69) is 12.0 Å². The molecule has 0 atom stereocenters. The van der Waals surface area contributed by atoms with E-state index >= 15 is 0 Å². The lowest BCUT2D eigenvalue weighted by Crippen LogP contribution is -2.12. The molecule has 1 aliphatic rings. The summed E-state index contributed by atoms with van der Waals surface area (Å²) in [5.41, 5.74) is 6.13. The van der Waals surface area contributed by atoms with Crippen LogP contribution in [-0.4, -0.2) is 9.78 Å². The Hall–Kier alpha value is -1.06. The van der Waals surface area contributed by atoms with Gasteiger partial charge in [0.05, 0.1) is 0 Å². The fourth-order valence-corrected chi connectivity index (χ4v) is 2.33. The van der Waals surface area contributed by atoms with Crippen LogP contribution in [0.2, 0.25) is 0 Å². The van der Waals surface area contributed by atoms with E-state index in [1.54, 1.807) is 7.05 Å². The van der Waals surface area contributed by atoms with E-state index < -0.39 is 0 Å². The minimum atomic E-state index is -0.308. The van der Waals surface area contributed by atoms with Crippen molar-refractivity contribution in [3.05, 3.63) is 11.5 Å². The van der Waals surface area contributed by atoms with Crippen molar-refractivity contribution in [1.29, 1.82) is 0 Å². The van der Waals surface area contributed by atoms with Crippen LogP contribution < -0.4 is 5.73 Å². The van der Waals surface area contributed by atoms with Crippen LogP contribution in [0.15, 0.2) is 0 Å². The zero-order chi connectivity index (χ0) is 11.0. The van der Waals surface area contributed by atoms with Crippen LogP contribution in [-0.2, 0) is 7.05 Å². The molecule has 15 heavy (non-hydrogen) atoms. The molecule has 3 nitrogen and oxygen atoms in total. The molecule has 1 heterocycles. The van der Waals surface area contributed by atoms with Gasteiger partial charge >= 0.3 is 0 Å². The molecule has 0 bridgehead atoms. The number of nitrogens with zero attached hydrogens (tertiary/aromatic N) is 2. The van der Waals surface area contributed by atoms with Crippen LogP contribution in [0.3, 0.4) is 0 Å². The van der Waals surface area contributed by atoms with Gasteiger partial charge in [-0.15, -0.1) is 0 Å². The fourth-order valence-electron chi connectivity index (χ4n) is 2.33. The van der Waals surface area contributed by atoms with Crippen molar-refractivity contribution in [3.8, 4) is 0 Å². The first-order valence-electron chi connectivity index (χ1n) is 5.57. The van der Waals surface area contributed by atoms with Crippen molar-refractivity contribution in [2.45, 2.75) is 38.5 Å².